The molecule has 0 aliphatic carbocycles. The summed E-state index contributed by atoms with van der Waals surface area (Å²) < 4.78 is 46.0. The first-order valence-electron chi connectivity index (χ1n) is 9.85. The van der Waals surface area contributed by atoms with E-state index in [1.54, 1.807) is 0 Å². The first kappa shape index (κ1) is 23.6. The Balaban J connectivity index is 1.57. The molecule has 0 aliphatic rings. The molecule has 2 aromatic carbocycles. The van der Waals surface area contributed by atoms with Crippen molar-refractivity contribution in [3.8, 4) is 0 Å². The molecule has 1 N–H and O–H groups in total. The number of ether oxygens (including phenoxy) is 1. The number of aromatic nitrogens is 2. The molecule has 0 spiro atoms. The number of carbonyl (C=O) groups excluding carboxylic acids is 2. The molecular weight excluding hydrogens is 443 g/mol. The summed E-state index contributed by atoms with van der Waals surface area (Å²) in [6, 6.07) is 12.2. The van der Waals surface area contributed by atoms with Gasteiger partial charge in [0.25, 0.3) is 5.91 Å². The highest BCUT2D eigenvalue weighted by Gasteiger charge is 2.33. The molecule has 0 atom stereocenters. The third-order valence-corrected chi connectivity index (χ3v) is 5.31. The van der Waals surface area contributed by atoms with E-state index in [4.69, 9.17) is 4.74 Å². The Morgan fingerprint density at radius 2 is 1.81 bits per heavy atom. The molecule has 170 valence electrons. The van der Waals surface area contributed by atoms with E-state index in [0.29, 0.717) is 11.1 Å². The quantitative estimate of drug-likeness (QED) is 0.375. The maximum Gasteiger partial charge on any atom is 0.418 e. The molecule has 6 nitrogen and oxygen atoms in total. The number of amides is 1. The molecular formula is C22H22F3N3O3S. The summed E-state index contributed by atoms with van der Waals surface area (Å²) in [5.41, 5.74) is 0.406. The smallest absolute Gasteiger partial charge is 0.418 e. The SMILES string of the molecule is CC(C)Cn1c(SCC(=O)OCC(=O)Nc2ccccc2C(F)(F)F)nc2ccccc21. The topological polar surface area (TPSA) is 73.2 Å². The van der Waals surface area contributed by atoms with Crippen LogP contribution in [0.4, 0.5) is 18.9 Å². The van der Waals surface area contributed by atoms with Crippen LogP contribution in [0.1, 0.15) is 19.4 Å². The van der Waals surface area contributed by atoms with Gasteiger partial charge in [-0.05, 0) is 30.2 Å². The zero-order chi connectivity index (χ0) is 23.3. The molecule has 3 aromatic rings. The van der Waals surface area contributed by atoms with Crippen LogP contribution < -0.4 is 5.32 Å². The molecule has 0 bridgehead atoms. The van der Waals surface area contributed by atoms with Gasteiger partial charge in [0.2, 0.25) is 0 Å². The molecule has 3 rings (SSSR count). The van der Waals surface area contributed by atoms with Crippen molar-refractivity contribution in [2.45, 2.75) is 31.7 Å². The van der Waals surface area contributed by atoms with E-state index in [1.807, 2.05) is 28.8 Å². The summed E-state index contributed by atoms with van der Waals surface area (Å²) in [7, 11) is 0. The van der Waals surface area contributed by atoms with Gasteiger partial charge < -0.3 is 14.6 Å². The fraction of sp³-hybridized carbons (Fsp3) is 0.318. The van der Waals surface area contributed by atoms with Crippen molar-refractivity contribution < 1.29 is 27.5 Å². The van der Waals surface area contributed by atoms with Gasteiger partial charge in [-0.2, -0.15) is 13.2 Å². The second-order valence-electron chi connectivity index (χ2n) is 7.43. The maximum atomic E-state index is 13.0. The first-order chi connectivity index (χ1) is 15.1. The number of para-hydroxylation sites is 3. The average molecular weight is 465 g/mol. The molecule has 0 radical (unpaired) electrons. The monoisotopic (exact) mass is 465 g/mol. The minimum Gasteiger partial charge on any atom is -0.455 e. The highest BCUT2D eigenvalue weighted by atomic mass is 32.2. The Labute approximate surface area is 187 Å². The van der Waals surface area contributed by atoms with Crippen molar-refractivity contribution in [2.75, 3.05) is 17.7 Å². The lowest BCUT2D eigenvalue weighted by Gasteiger charge is -2.13. The number of anilines is 1. The molecule has 1 heterocycles. The van der Waals surface area contributed by atoms with Crippen LogP contribution in [0.25, 0.3) is 11.0 Å². The number of benzene rings is 2. The number of rotatable bonds is 8. The predicted molar refractivity (Wildman–Crippen MR) is 116 cm³/mol. The second kappa shape index (κ2) is 10.1. The Hall–Kier alpha value is -3.01. The van der Waals surface area contributed by atoms with Crippen molar-refractivity contribution in [3.05, 3.63) is 54.1 Å². The van der Waals surface area contributed by atoms with E-state index in [0.717, 1.165) is 29.7 Å². The zero-order valence-electron chi connectivity index (χ0n) is 17.5. The molecule has 0 aliphatic heterocycles. The van der Waals surface area contributed by atoms with Crippen molar-refractivity contribution in [1.29, 1.82) is 0 Å². The largest absolute Gasteiger partial charge is 0.455 e. The van der Waals surface area contributed by atoms with Crippen LogP contribution in [0.3, 0.4) is 0 Å². The molecule has 10 heteroatoms. The first-order valence-corrected chi connectivity index (χ1v) is 10.8. The Bertz CT molecular complexity index is 1110. The van der Waals surface area contributed by atoms with E-state index in [-0.39, 0.29) is 5.75 Å². The number of hydrogen-bond acceptors (Lipinski definition) is 5. The van der Waals surface area contributed by atoms with Crippen LogP contribution in [-0.4, -0.2) is 33.8 Å². The standard InChI is InChI=1S/C22H22F3N3O3S/c1-14(2)11-28-18-10-6-5-9-17(18)27-21(28)32-13-20(30)31-12-19(29)26-16-8-4-3-7-15(16)22(23,24)25/h3-10,14H,11-13H2,1-2H3,(H,26,29). The minimum atomic E-state index is -4.61. The molecule has 0 unspecified atom stereocenters. The number of imidazole rings is 1. The maximum absolute atomic E-state index is 13.0. The lowest BCUT2D eigenvalue weighted by molar-refractivity contribution is -0.144. The Kier molecular flexibility index (Phi) is 7.44. The van der Waals surface area contributed by atoms with E-state index < -0.39 is 35.9 Å². The number of nitrogens with one attached hydrogen (secondary N) is 1. The number of alkyl halides is 3. The number of halogens is 3. The Morgan fingerprint density at radius 1 is 1.12 bits per heavy atom. The fourth-order valence-corrected chi connectivity index (χ4v) is 3.86. The van der Waals surface area contributed by atoms with Gasteiger partial charge in [-0.25, -0.2) is 4.98 Å². The average Bonchev–Trinajstić information content (AvgIpc) is 3.07. The fourth-order valence-electron chi connectivity index (χ4n) is 3.04. The van der Waals surface area contributed by atoms with Gasteiger partial charge in [-0.15, -0.1) is 0 Å². The van der Waals surface area contributed by atoms with Crippen LogP contribution in [-0.2, 0) is 27.0 Å². The van der Waals surface area contributed by atoms with Crippen LogP contribution in [0, 0.1) is 5.92 Å². The number of hydrogen-bond donors (Lipinski definition) is 1. The lowest BCUT2D eigenvalue weighted by Crippen LogP contribution is -2.23. The van der Waals surface area contributed by atoms with Crippen LogP contribution in [0.5, 0.6) is 0 Å². The number of esters is 1. The normalized spacial score (nSPS) is 11.7. The van der Waals surface area contributed by atoms with Gasteiger partial charge in [-0.3, -0.25) is 9.59 Å². The van der Waals surface area contributed by atoms with Gasteiger partial charge in [0, 0.05) is 6.54 Å². The molecule has 1 amide bonds. The number of thioether (sulfide) groups is 1. The third-order valence-electron chi connectivity index (χ3n) is 4.36. The predicted octanol–water partition coefficient (Wildman–Crippen LogP) is 4.99. The van der Waals surface area contributed by atoms with Crippen LogP contribution in [0.15, 0.2) is 53.7 Å². The van der Waals surface area contributed by atoms with Crippen molar-refractivity contribution in [2.24, 2.45) is 5.92 Å². The third kappa shape index (κ3) is 6.03. The minimum absolute atomic E-state index is 0.0894. The van der Waals surface area contributed by atoms with E-state index >= 15 is 0 Å². The van der Waals surface area contributed by atoms with E-state index in [9.17, 15) is 22.8 Å². The van der Waals surface area contributed by atoms with Crippen LogP contribution >= 0.6 is 11.8 Å². The summed E-state index contributed by atoms with van der Waals surface area (Å²) >= 11 is 1.18. The number of carbonyl (C=O) groups is 2. The summed E-state index contributed by atoms with van der Waals surface area (Å²) in [6.07, 6.45) is -4.61. The van der Waals surface area contributed by atoms with Crippen molar-refractivity contribution in [3.63, 3.8) is 0 Å². The molecule has 0 fully saturated rings. The van der Waals surface area contributed by atoms with Gasteiger partial charge in [0.15, 0.2) is 11.8 Å². The number of fused-ring (bicyclic) bond motifs is 1. The summed E-state index contributed by atoms with van der Waals surface area (Å²) in [5.74, 6) is -1.25. The molecule has 1 aromatic heterocycles. The second-order valence-corrected chi connectivity index (χ2v) is 8.37. The van der Waals surface area contributed by atoms with Crippen LogP contribution in [0.2, 0.25) is 0 Å². The summed E-state index contributed by atoms with van der Waals surface area (Å²) in [4.78, 5) is 28.6. The van der Waals surface area contributed by atoms with E-state index in [2.05, 4.69) is 24.1 Å². The van der Waals surface area contributed by atoms with Gasteiger partial charge in [0.1, 0.15) is 0 Å². The zero-order valence-corrected chi connectivity index (χ0v) is 18.3. The molecule has 0 saturated heterocycles. The van der Waals surface area contributed by atoms with Crippen molar-refractivity contribution >= 4 is 40.4 Å². The summed E-state index contributed by atoms with van der Waals surface area (Å²) in [6.45, 7) is 4.19. The lowest BCUT2D eigenvalue weighted by atomic mass is 10.1. The Morgan fingerprint density at radius 3 is 2.53 bits per heavy atom. The highest BCUT2D eigenvalue weighted by molar-refractivity contribution is 7.99. The number of nitrogens with zero attached hydrogens (tertiary/aromatic N) is 2. The van der Waals surface area contributed by atoms with Crippen molar-refractivity contribution in [1.82, 2.24) is 9.55 Å². The van der Waals surface area contributed by atoms with E-state index in [1.165, 1.54) is 23.9 Å². The highest BCUT2D eigenvalue weighted by Crippen LogP contribution is 2.34. The summed E-state index contributed by atoms with van der Waals surface area (Å²) in [5, 5.41) is 2.79. The molecule has 0 saturated carbocycles. The molecule has 32 heavy (non-hydrogen) atoms. The van der Waals surface area contributed by atoms with Gasteiger partial charge in [-0.1, -0.05) is 49.9 Å². The van der Waals surface area contributed by atoms with Gasteiger partial charge in [0.05, 0.1) is 28.0 Å². The van der Waals surface area contributed by atoms with Gasteiger partial charge >= 0.3 is 12.1 Å².